The Kier molecular flexibility index (Phi) is 9.12. The van der Waals surface area contributed by atoms with Crippen molar-refractivity contribution in [2.75, 3.05) is 17.1 Å². The fraction of sp³-hybridized carbons (Fsp3) is 0.391. The lowest BCUT2D eigenvalue weighted by atomic mass is 10.1. The molecule has 0 fully saturated rings. The van der Waals surface area contributed by atoms with Crippen LogP contribution in [0.15, 0.2) is 46.9 Å². The van der Waals surface area contributed by atoms with Crippen LogP contribution in [0.5, 0.6) is 0 Å². The molecule has 0 saturated heterocycles. The molecule has 0 aliphatic heterocycles. The van der Waals surface area contributed by atoms with Crippen LogP contribution in [0.4, 0.5) is 10.1 Å². The summed E-state index contributed by atoms with van der Waals surface area (Å²) in [6.07, 6.45) is 0.937. The van der Waals surface area contributed by atoms with Crippen LogP contribution in [0, 0.1) is 5.82 Å². The van der Waals surface area contributed by atoms with Gasteiger partial charge in [-0.2, -0.15) is 0 Å². The molecule has 0 saturated carbocycles. The van der Waals surface area contributed by atoms with Crippen LogP contribution >= 0.6 is 27.5 Å². The number of carbonyl (C=O) groups excluding carboxylic acids is 2. The van der Waals surface area contributed by atoms with Crippen LogP contribution in [0.1, 0.15) is 33.3 Å². The quantitative estimate of drug-likeness (QED) is 0.507. The van der Waals surface area contributed by atoms with E-state index in [4.69, 9.17) is 11.6 Å². The van der Waals surface area contributed by atoms with Gasteiger partial charge in [-0.1, -0.05) is 39.7 Å². The first-order valence-electron chi connectivity index (χ1n) is 10.4. The smallest absolute Gasteiger partial charge is 0.244 e. The molecule has 0 aromatic heterocycles. The molecular weight excluding hydrogens is 549 g/mol. The largest absolute Gasteiger partial charge is 0.350 e. The molecular formula is C23H28BrClFN3O4S. The number of benzene rings is 2. The van der Waals surface area contributed by atoms with E-state index in [2.05, 4.69) is 21.2 Å². The number of hydrogen-bond acceptors (Lipinski definition) is 4. The van der Waals surface area contributed by atoms with Gasteiger partial charge in [0, 0.05) is 16.6 Å². The summed E-state index contributed by atoms with van der Waals surface area (Å²) < 4.78 is 40.3. The van der Waals surface area contributed by atoms with Gasteiger partial charge in [0.15, 0.2) is 0 Å². The third-order valence-electron chi connectivity index (χ3n) is 4.80. The van der Waals surface area contributed by atoms with E-state index in [-0.39, 0.29) is 23.2 Å². The Hall–Kier alpha value is -2.17. The Morgan fingerprint density at radius 2 is 1.74 bits per heavy atom. The number of nitrogens with one attached hydrogen (secondary N) is 1. The summed E-state index contributed by atoms with van der Waals surface area (Å²) in [5.41, 5.74) is 0.266. The molecule has 0 radical (unpaired) electrons. The van der Waals surface area contributed by atoms with Crippen molar-refractivity contribution in [1.29, 1.82) is 0 Å². The Balaban J connectivity index is 2.41. The molecule has 7 nitrogen and oxygen atoms in total. The molecule has 11 heteroatoms. The number of nitrogens with zero attached hydrogens (tertiary/aromatic N) is 2. The molecule has 0 aliphatic rings. The van der Waals surface area contributed by atoms with Crippen molar-refractivity contribution in [2.45, 2.75) is 45.8 Å². The zero-order chi connectivity index (χ0) is 25.8. The average molecular weight is 577 g/mol. The first-order chi connectivity index (χ1) is 15.6. The Labute approximate surface area is 213 Å². The predicted octanol–water partition coefficient (Wildman–Crippen LogP) is 4.34. The lowest BCUT2D eigenvalue weighted by Gasteiger charge is -2.33. The lowest BCUT2D eigenvalue weighted by molar-refractivity contribution is -0.140. The van der Waals surface area contributed by atoms with E-state index in [9.17, 15) is 22.4 Å². The molecule has 2 amide bonds. The van der Waals surface area contributed by atoms with Crippen LogP contribution in [-0.2, 0) is 26.2 Å². The van der Waals surface area contributed by atoms with Gasteiger partial charge in [-0.3, -0.25) is 13.9 Å². The number of carbonyl (C=O) groups is 2. The second-order valence-electron chi connectivity index (χ2n) is 8.93. The van der Waals surface area contributed by atoms with Crippen LogP contribution in [0.25, 0.3) is 0 Å². The van der Waals surface area contributed by atoms with E-state index in [1.165, 1.54) is 11.0 Å². The van der Waals surface area contributed by atoms with Gasteiger partial charge in [0.05, 0.1) is 17.0 Å². The maximum atomic E-state index is 13.6. The Morgan fingerprint density at radius 1 is 1.15 bits per heavy atom. The minimum Gasteiger partial charge on any atom is -0.350 e. The summed E-state index contributed by atoms with van der Waals surface area (Å²) in [7, 11) is -3.93. The minimum atomic E-state index is -3.93. The van der Waals surface area contributed by atoms with Gasteiger partial charge in [-0.05, 0) is 63.6 Å². The monoisotopic (exact) mass is 575 g/mol. The molecule has 0 aliphatic carbocycles. The molecule has 0 unspecified atom stereocenters. The minimum absolute atomic E-state index is 0.0395. The summed E-state index contributed by atoms with van der Waals surface area (Å²) >= 11 is 9.19. The molecule has 2 aromatic carbocycles. The van der Waals surface area contributed by atoms with Crippen molar-refractivity contribution < 1.29 is 22.4 Å². The summed E-state index contributed by atoms with van der Waals surface area (Å²) in [5.74, 6) is -1.70. The third-order valence-corrected chi connectivity index (χ3v) is 6.76. The number of sulfonamides is 1. The molecule has 1 atom stereocenters. The molecule has 186 valence electrons. The molecule has 0 spiro atoms. The average Bonchev–Trinajstić information content (AvgIpc) is 2.71. The van der Waals surface area contributed by atoms with E-state index >= 15 is 0 Å². The third kappa shape index (κ3) is 7.95. The second-order valence-corrected chi connectivity index (χ2v) is 12.2. The number of halogens is 3. The van der Waals surface area contributed by atoms with Gasteiger partial charge in [-0.15, -0.1) is 0 Å². The summed E-state index contributed by atoms with van der Waals surface area (Å²) in [5, 5.41) is 2.57. The first-order valence-corrected chi connectivity index (χ1v) is 13.4. The number of rotatable bonds is 8. The highest BCUT2D eigenvalue weighted by Gasteiger charge is 2.31. The van der Waals surface area contributed by atoms with Crippen molar-refractivity contribution >= 4 is 55.1 Å². The topological polar surface area (TPSA) is 86.8 Å². The van der Waals surface area contributed by atoms with Crippen molar-refractivity contribution in [1.82, 2.24) is 10.2 Å². The normalized spacial score (nSPS) is 12.7. The molecule has 1 N–H and O–H groups in total. The van der Waals surface area contributed by atoms with Crippen molar-refractivity contribution in [3.8, 4) is 0 Å². The summed E-state index contributed by atoms with van der Waals surface area (Å²) in [4.78, 5) is 27.6. The van der Waals surface area contributed by atoms with Crippen LogP contribution in [0.2, 0.25) is 5.02 Å². The van der Waals surface area contributed by atoms with Crippen LogP contribution < -0.4 is 9.62 Å². The molecule has 2 rings (SSSR count). The molecule has 0 heterocycles. The van der Waals surface area contributed by atoms with Gasteiger partial charge < -0.3 is 10.2 Å². The van der Waals surface area contributed by atoms with E-state index in [0.29, 0.717) is 0 Å². The molecule has 2 aromatic rings. The van der Waals surface area contributed by atoms with Crippen molar-refractivity contribution in [3.63, 3.8) is 0 Å². The second kappa shape index (κ2) is 11.0. The van der Waals surface area contributed by atoms with E-state index < -0.39 is 39.9 Å². The maximum absolute atomic E-state index is 13.6. The zero-order valence-corrected chi connectivity index (χ0v) is 22.8. The van der Waals surface area contributed by atoms with Gasteiger partial charge in [0.2, 0.25) is 21.8 Å². The van der Waals surface area contributed by atoms with E-state index in [0.717, 1.165) is 32.7 Å². The SMILES string of the molecule is C[C@@H](C(=O)NC(C)(C)C)N(Cc1ccc(Br)cc1)C(=O)CN(c1ccc(F)c(Cl)c1)S(C)(=O)=O. The highest BCUT2D eigenvalue weighted by molar-refractivity contribution is 9.10. The van der Waals surface area contributed by atoms with Gasteiger partial charge in [0.25, 0.3) is 0 Å². The molecule has 0 bridgehead atoms. The highest BCUT2D eigenvalue weighted by Crippen LogP contribution is 2.25. The fourth-order valence-corrected chi connectivity index (χ4v) is 4.38. The van der Waals surface area contributed by atoms with Crippen molar-refractivity contribution in [3.05, 3.63) is 63.3 Å². The lowest BCUT2D eigenvalue weighted by Crippen LogP contribution is -2.54. The Morgan fingerprint density at radius 3 is 2.24 bits per heavy atom. The maximum Gasteiger partial charge on any atom is 0.244 e. The fourth-order valence-electron chi connectivity index (χ4n) is 3.10. The van der Waals surface area contributed by atoms with Crippen LogP contribution in [-0.4, -0.2) is 49.5 Å². The van der Waals surface area contributed by atoms with E-state index in [1.807, 2.05) is 20.8 Å². The number of amides is 2. The number of anilines is 1. The summed E-state index contributed by atoms with van der Waals surface area (Å²) in [6, 6.07) is 9.71. The van der Waals surface area contributed by atoms with Crippen molar-refractivity contribution in [2.24, 2.45) is 0 Å². The van der Waals surface area contributed by atoms with Gasteiger partial charge in [0.1, 0.15) is 18.4 Å². The predicted molar refractivity (Wildman–Crippen MR) is 136 cm³/mol. The zero-order valence-electron chi connectivity index (χ0n) is 19.6. The standard InChI is InChI=1S/C23H28BrClFN3O4S/c1-15(22(31)27-23(2,3)4)28(13-16-6-8-17(24)9-7-16)21(30)14-29(34(5,32)33)18-10-11-20(26)19(25)12-18/h6-12,15H,13-14H2,1-5H3,(H,27,31)/t15-/m0/s1. The first kappa shape index (κ1) is 28.1. The highest BCUT2D eigenvalue weighted by atomic mass is 79.9. The van der Waals surface area contributed by atoms with Gasteiger partial charge in [-0.25, -0.2) is 12.8 Å². The Bertz CT molecular complexity index is 1150. The van der Waals surface area contributed by atoms with Gasteiger partial charge >= 0.3 is 0 Å². The van der Waals surface area contributed by atoms with E-state index in [1.54, 1.807) is 31.2 Å². The number of hydrogen-bond donors (Lipinski definition) is 1. The molecule has 34 heavy (non-hydrogen) atoms. The van der Waals surface area contributed by atoms with Crippen LogP contribution in [0.3, 0.4) is 0 Å². The summed E-state index contributed by atoms with van der Waals surface area (Å²) in [6.45, 7) is 6.53.